The van der Waals surface area contributed by atoms with E-state index in [4.69, 9.17) is 0 Å². The molecule has 0 saturated carbocycles. The van der Waals surface area contributed by atoms with E-state index >= 15 is 0 Å². The Labute approximate surface area is 62.8 Å². The predicted molar refractivity (Wildman–Crippen MR) is 28.8 cm³/mol. The fraction of sp³-hybridized carbons (Fsp3) is 0. The Morgan fingerprint density at radius 2 is 2.62 bits per heavy atom. The Morgan fingerprint density at radius 3 is 2.88 bits per heavy atom. The summed E-state index contributed by atoms with van der Waals surface area (Å²) in [6.45, 7) is 0. The number of carbonyl (C=O) groups excluding carboxylic acids is 1. The van der Waals surface area contributed by atoms with Crippen molar-refractivity contribution < 1.29 is 4.79 Å². The monoisotopic (exact) mass is 300 g/mol. The molecule has 1 aromatic heterocycles. The predicted octanol–water partition coefficient (Wildman–Crippen LogP) is -0.373. The Kier molecular flexibility index (Phi) is 1.77. The Bertz CT molecular complexity index is 196. The first-order chi connectivity index (χ1) is 3.83. The van der Waals surface area contributed by atoms with Gasteiger partial charge in [-0.25, -0.2) is 0 Å². The maximum absolute atomic E-state index is 9.96. The van der Waals surface area contributed by atoms with Crippen LogP contribution in [0.4, 0.5) is 0 Å². The molecule has 0 saturated heterocycles. The van der Waals surface area contributed by atoms with Crippen LogP contribution in [0.5, 0.6) is 0 Å². The fourth-order valence-electron chi connectivity index (χ4n) is 0.414. The third-order valence-electron chi connectivity index (χ3n) is 0.742. The molecule has 0 aliphatic carbocycles. The van der Waals surface area contributed by atoms with Crippen LogP contribution in [-0.2, 0) is 0 Å². The van der Waals surface area contributed by atoms with Crippen molar-refractivity contribution in [3.63, 3.8) is 0 Å². The molecular weight excluding hydrogens is 296 g/mol. The van der Waals surface area contributed by atoms with Gasteiger partial charge in [0, 0.05) is 0 Å². The summed E-state index contributed by atoms with van der Waals surface area (Å²) >= 11 is 0.709. The first kappa shape index (κ1) is 5.93. The topological polar surface area (TPSA) is 34.9 Å². The average molecular weight is 299 g/mol. The molecular formula is C4H3N2OTl. The zero-order valence-corrected chi connectivity index (χ0v) is 8.60. The van der Waals surface area contributed by atoms with E-state index in [1.54, 1.807) is 12.5 Å². The van der Waals surface area contributed by atoms with Crippen LogP contribution < -0.4 is 0 Å². The number of imidazole rings is 1. The number of aldehydes is 1. The molecule has 0 aliphatic rings. The number of nitrogens with zero attached hydrogens (tertiary/aromatic N) is 2. The van der Waals surface area contributed by atoms with Crippen molar-refractivity contribution in [3.8, 4) is 0 Å². The van der Waals surface area contributed by atoms with Gasteiger partial charge in [-0.2, -0.15) is 0 Å². The van der Waals surface area contributed by atoms with Crippen molar-refractivity contribution in [2.75, 3.05) is 0 Å². The van der Waals surface area contributed by atoms with Gasteiger partial charge in [-0.05, 0) is 0 Å². The normalized spacial score (nSPS) is 8.88. The number of carbonyl (C=O) groups is 1. The first-order valence-corrected chi connectivity index (χ1v) is 4.08. The van der Waals surface area contributed by atoms with Crippen LogP contribution in [0.25, 0.3) is 0 Å². The van der Waals surface area contributed by atoms with Gasteiger partial charge in [0.2, 0.25) is 0 Å². The van der Waals surface area contributed by atoms with E-state index < -0.39 is 0 Å². The Hall–Kier alpha value is -0.198. The van der Waals surface area contributed by atoms with Crippen LogP contribution in [0.2, 0.25) is 0 Å². The minimum atomic E-state index is 0.521. The second kappa shape index (κ2) is 2.38. The molecule has 0 N–H and O–H groups in total. The molecule has 8 heavy (non-hydrogen) atoms. The van der Waals surface area contributed by atoms with Crippen molar-refractivity contribution in [3.05, 3.63) is 18.2 Å². The number of rotatable bonds is 1. The number of aromatic nitrogens is 2. The van der Waals surface area contributed by atoms with Gasteiger partial charge < -0.3 is 0 Å². The summed E-state index contributed by atoms with van der Waals surface area (Å²) in [6, 6.07) is 0. The van der Waals surface area contributed by atoms with E-state index in [-0.39, 0.29) is 0 Å². The maximum atomic E-state index is 9.96. The van der Waals surface area contributed by atoms with Gasteiger partial charge in [-0.3, -0.25) is 0 Å². The van der Waals surface area contributed by atoms with Crippen molar-refractivity contribution in [2.45, 2.75) is 0 Å². The SMILES string of the molecule is O=Cc1c[n]([Tl])cn1. The van der Waals surface area contributed by atoms with Gasteiger partial charge in [0.25, 0.3) is 0 Å². The van der Waals surface area contributed by atoms with Crippen LogP contribution >= 0.6 is 0 Å². The van der Waals surface area contributed by atoms with E-state index in [1.165, 1.54) is 0 Å². The second-order valence-electron chi connectivity index (χ2n) is 1.36. The molecule has 0 aromatic carbocycles. The number of hydrogen-bond donors (Lipinski definition) is 0. The summed E-state index contributed by atoms with van der Waals surface area (Å²) < 4.78 is 1.89. The molecule has 0 unspecified atom stereocenters. The van der Waals surface area contributed by atoms with E-state index in [2.05, 4.69) is 4.98 Å². The molecule has 0 amide bonds. The van der Waals surface area contributed by atoms with Gasteiger partial charge >= 0.3 is 62.7 Å². The van der Waals surface area contributed by atoms with Crippen molar-refractivity contribution >= 4 is 32.4 Å². The van der Waals surface area contributed by atoms with Crippen LogP contribution in [0, 0.1) is 0 Å². The first-order valence-electron chi connectivity index (χ1n) is 2.07. The molecule has 3 nitrogen and oxygen atoms in total. The molecule has 1 rings (SSSR count). The third-order valence-corrected chi connectivity index (χ3v) is 1.84. The van der Waals surface area contributed by atoms with Gasteiger partial charge in [-0.1, -0.05) is 0 Å². The molecule has 0 spiro atoms. The number of hydrogen-bond acceptors (Lipinski definition) is 2. The molecule has 0 radical (unpaired) electrons. The van der Waals surface area contributed by atoms with Crippen molar-refractivity contribution in [2.24, 2.45) is 0 Å². The summed E-state index contributed by atoms with van der Waals surface area (Å²) in [7, 11) is 0. The quantitative estimate of drug-likeness (QED) is 0.524. The Morgan fingerprint density at radius 1 is 1.88 bits per heavy atom. The summed E-state index contributed by atoms with van der Waals surface area (Å²) in [5, 5.41) is 0. The van der Waals surface area contributed by atoms with Gasteiger partial charge in [0.1, 0.15) is 0 Å². The molecule has 38 valence electrons. The van der Waals surface area contributed by atoms with E-state index in [0.717, 1.165) is 6.29 Å². The molecule has 0 fully saturated rings. The summed E-state index contributed by atoms with van der Waals surface area (Å²) in [5.41, 5.74) is 0.521. The summed E-state index contributed by atoms with van der Waals surface area (Å²) in [4.78, 5) is 13.7. The van der Waals surface area contributed by atoms with Crippen molar-refractivity contribution in [1.82, 2.24) is 7.36 Å². The van der Waals surface area contributed by atoms with Crippen LogP contribution in [-0.4, -0.2) is 39.7 Å². The van der Waals surface area contributed by atoms with Crippen LogP contribution in [0.15, 0.2) is 12.5 Å². The zero-order valence-electron chi connectivity index (χ0n) is 4.11. The van der Waals surface area contributed by atoms with E-state index in [9.17, 15) is 4.79 Å². The van der Waals surface area contributed by atoms with Crippen molar-refractivity contribution in [1.29, 1.82) is 0 Å². The second-order valence-corrected chi connectivity index (χ2v) is 3.68. The molecule has 4 heteroatoms. The molecule has 0 aliphatic heterocycles. The van der Waals surface area contributed by atoms with E-state index in [0.29, 0.717) is 31.8 Å². The summed E-state index contributed by atoms with van der Waals surface area (Å²) in [6.07, 6.45) is 4.14. The van der Waals surface area contributed by atoms with Crippen LogP contribution in [0.1, 0.15) is 10.5 Å². The van der Waals surface area contributed by atoms with E-state index in [1.807, 2.05) is 2.38 Å². The molecule has 1 aromatic rings. The Balaban J connectivity index is 3.00. The van der Waals surface area contributed by atoms with Gasteiger partial charge in [0.15, 0.2) is 0 Å². The molecule has 0 atom stereocenters. The summed E-state index contributed by atoms with van der Waals surface area (Å²) in [5.74, 6) is 0. The molecule has 1 heterocycles. The third kappa shape index (κ3) is 1.15. The standard InChI is InChI=1S/C4H4N2O.Tl/c7-2-4-1-5-3-6-4;/h1-3H,(H,5,6,7);/q;+1/p-1. The molecule has 0 bridgehead atoms. The average Bonchev–Trinajstić information content (AvgIpc) is 2.14. The minimum absolute atomic E-state index is 0.521. The van der Waals surface area contributed by atoms with Crippen LogP contribution in [0.3, 0.4) is 0 Å². The van der Waals surface area contributed by atoms with Gasteiger partial charge in [0.05, 0.1) is 0 Å². The zero-order chi connectivity index (χ0) is 5.98. The van der Waals surface area contributed by atoms with Gasteiger partial charge in [-0.15, -0.1) is 0 Å². The fourth-order valence-corrected chi connectivity index (χ4v) is 1.27.